The molecule has 1 aromatic carbocycles. The van der Waals surface area contributed by atoms with Crippen molar-refractivity contribution in [3.8, 4) is 0 Å². The van der Waals surface area contributed by atoms with Gasteiger partial charge in [-0.15, -0.1) is 0 Å². The molecule has 1 atom stereocenters. The summed E-state index contributed by atoms with van der Waals surface area (Å²) in [6, 6.07) is 8.27. The molecule has 1 unspecified atom stereocenters. The van der Waals surface area contributed by atoms with Gasteiger partial charge in [-0.05, 0) is 31.5 Å². The third-order valence-corrected chi connectivity index (χ3v) is 3.72. The second kappa shape index (κ2) is 5.00. The minimum Gasteiger partial charge on any atom is -0.465 e. The monoisotopic (exact) mass is 271 g/mol. The molecule has 1 saturated heterocycles. The highest BCUT2D eigenvalue weighted by molar-refractivity contribution is 5.91. The van der Waals surface area contributed by atoms with Crippen LogP contribution >= 0.6 is 0 Å². The van der Waals surface area contributed by atoms with E-state index in [2.05, 4.69) is 23.3 Å². The fourth-order valence-corrected chi connectivity index (χ4v) is 2.66. The van der Waals surface area contributed by atoms with Crippen molar-refractivity contribution in [1.82, 2.24) is 9.88 Å². The Morgan fingerprint density at radius 3 is 3.05 bits per heavy atom. The average Bonchev–Trinajstić information content (AvgIpc) is 2.88. The zero-order chi connectivity index (χ0) is 14.1. The van der Waals surface area contributed by atoms with Gasteiger partial charge < -0.3 is 15.3 Å². The summed E-state index contributed by atoms with van der Waals surface area (Å²) < 4.78 is 0. The van der Waals surface area contributed by atoms with Crippen LogP contribution < -0.4 is 5.32 Å². The molecule has 0 aliphatic carbocycles. The number of hydrogen-bond acceptors (Lipinski definition) is 3. The standard InChI is InChI=1S/C15H17N3O2/c1-10-2-3-13-12(8-10)14(4-6-16-13)17-11-5-7-18(9-11)15(19)20/h2-4,6,8,11H,5,7,9H2,1H3,(H,16,17)(H,19,20). The highest BCUT2D eigenvalue weighted by atomic mass is 16.4. The quantitative estimate of drug-likeness (QED) is 0.881. The van der Waals surface area contributed by atoms with Gasteiger partial charge in [-0.25, -0.2) is 4.79 Å². The number of nitrogens with one attached hydrogen (secondary N) is 1. The van der Waals surface area contributed by atoms with Gasteiger partial charge in [0, 0.05) is 36.4 Å². The summed E-state index contributed by atoms with van der Waals surface area (Å²) in [6.07, 6.45) is 1.77. The van der Waals surface area contributed by atoms with Crippen molar-refractivity contribution in [1.29, 1.82) is 0 Å². The van der Waals surface area contributed by atoms with Gasteiger partial charge in [0.1, 0.15) is 0 Å². The largest absolute Gasteiger partial charge is 0.465 e. The van der Waals surface area contributed by atoms with Crippen LogP contribution in [-0.4, -0.2) is 40.2 Å². The smallest absolute Gasteiger partial charge is 0.407 e. The summed E-state index contributed by atoms with van der Waals surface area (Å²) in [6.45, 7) is 3.18. The topological polar surface area (TPSA) is 65.5 Å². The van der Waals surface area contributed by atoms with Crippen LogP contribution in [0.4, 0.5) is 10.5 Å². The van der Waals surface area contributed by atoms with Crippen LogP contribution in [0, 0.1) is 6.92 Å². The molecule has 20 heavy (non-hydrogen) atoms. The van der Waals surface area contributed by atoms with Crippen molar-refractivity contribution in [3.63, 3.8) is 0 Å². The number of anilines is 1. The molecule has 0 radical (unpaired) electrons. The summed E-state index contributed by atoms with van der Waals surface area (Å²) >= 11 is 0. The molecular weight excluding hydrogens is 254 g/mol. The van der Waals surface area contributed by atoms with E-state index < -0.39 is 6.09 Å². The molecule has 0 saturated carbocycles. The SMILES string of the molecule is Cc1ccc2nccc(NC3CCN(C(=O)O)C3)c2c1. The molecule has 5 heteroatoms. The number of likely N-dealkylation sites (tertiary alicyclic amines) is 1. The highest BCUT2D eigenvalue weighted by Crippen LogP contribution is 2.25. The Morgan fingerprint density at radius 1 is 1.45 bits per heavy atom. The average molecular weight is 271 g/mol. The van der Waals surface area contributed by atoms with Crippen LogP contribution in [-0.2, 0) is 0 Å². The lowest BCUT2D eigenvalue weighted by molar-refractivity contribution is 0.155. The van der Waals surface area contributed by atoms with Crippen LogP contribution in [0.3, 0.4) is 0 Å². The van der Waals surface area contributed by atoms with Gasteiger partial charge >= 0.3 is 6.09 Å². The molecule has 1 amide bonds. The predicted octanol–water partition coefficient (Wildman–Crippen LogP) is 2.71. The Hall–Kier alpha value is -2.30. The molecule has 5 nitrogen and oxygen atoms in total. The van der Waals surface area contributed by atoms with Gasteiger partial charge in [0.15, 0.2) is 0 Å². The van der Waals surface area contributed by atoms with Crippen LogP contribution in [0.1, 0.15) is 12.0 Å². The first kappa shape index (κ1) is 12.7. The lowest BCUT2D eigenvalue weighted by Crippen LogP contribution is -2.30. The molecule has 2 aromatic rings. The fraction of sp³-hybridized carbons (Fsp3) is 0.333. The Kier molecular flexibility index (Phi) is 3.18. The van der Waals surface area contributed by atoms with Crippen molar-refractivity contribution in [3.05, 3.63) is 36.0 Å². The summed E-state index contributed by atoms with van der Waals surface area (Å²) in [7, 11) is 0. The Balaban J connectivity index is 1.85. The number of amides is 1. The molecule has 1 fully saturated rings. The van der Waals surface area contributed by atoms with E-state index in [1.807, 2.05) is 18.2 Å². The third-order valence-electron chi connectivity index (χ3n) is 3.72. The van der Waals surface area contributed by atoms with E-state index in [4.69, 9.17) is 5.11 Å². The van der Waals surface area contributed by atoms with Crippen molar-refractivity contribution in [2.75, 3.05) is 18.4 Å². The van der Waals surface area contributed by atoms with Gasteiger partial charge in [0.05, 0.1) is 5.52 Å². The molecule has 1 aromatic heterocycles. The summed E-state index contributed by atoms with van der Waals surface area (Å²) in [5, 5.41) is 13.5. The van der Waals surface area contributed by atoms with Crippen LogP contribution in [0.5, 0.6) is 0 Å². The molecule has 0 spiro atoms. The lowest BCUT2D eigenvalue weighted by Gasteiger charge is -2.16. The predicted molar refractivity (Wildman–Crippen MR) is 78.1 cm³/mol. The second-order valence-corrected chi connectivity index (χ2v) is 5.24. The Morgan fingerprint density at radius 2 is 2.30 bits per heavy atom. The summed E-state index contributed by atoms with van der Waals surface area (Å²) in [5.74, 6) is 0. The number of nitrogens with zero attached hydrogens (tertiary/aromatic N) is 2. The van der Waals surface area contributed by atoms with E-state index in [9.17, 15) is 4.79 Å². The second-order valence-electron chi connectivity index (χ2n) is 5.24. The maximum atomic E-state index is 10.9. The minimum atomic E-state index is -0.843. The number of benzene rings is 1. The zero-order valence-corrected chi connectivity index (χ0v) is 11.3. The van der Waals surface area contributed by atoms with E-state index in [0.29, 0.717) is 13.1 Å². The number of aromatic nitrogens is 1. The highest BCUT2D eigenvalue weighted by Gasteiger charge is 2.25. The number of aryl methyl sites for hydroxylation is 1. The molecule has 3 rings (SSSR count). The van der Waals surface area contributed by atoms with Gasteiger partial charge in [0.25, 0.3) is 0 Å². The van der Waals surface area contributed by atoms with E-state index >= 15 is 0 Å². The van der Waals surface area contributed by atoms with Crippen LogP contribution in [0.25, 0.3) is 10.9 Å². The van der Waals surface area contributed by atoms with E-state index in [1.165, 1.54) is 10.5 Å². The van der Waals surface area contributed by atoms with Gasteiger partial charge in [-0.1, -0.05) is 11.6 Å². The van der Waals surface area contributed by atoms with Gasteiger partial charge in [-0.2, -0.15) is 0 Å². The lowest BCUT2D eigenvalue weighted by atomic mass is 10.1. The van der Waals surface area contributed by atoms with Gasteiger partial charge in [-0.3, -0.25) is 4.98 Å². The number of carboxylic acid groups (broad SMARTS) is 1. The van der Waals surface area contributed by atoms with Gasteiger partial charge in [0.2, 0.25) is 0 Å². The molecule has 1 aliphatic rings. The van der Waals surface area contributed by atoms with Crippen LogP contribution in [0.2, 0.25) is 0 Å². The third kappa shape index (κ3) is 2.39. The number of carbonyl (C=O) groups is 1. The van der Waals surface area contributed by atoms with E-state index in [0.717, 1.165) is 23.0 Å². The van der Waals surface area contributed by atoms with Crippen LogP contribution in [0.15, 0.2) is 30.5 Å². The van der Waals surface area contributed by atoms with Crippen molar-refractivity contribution in [2.24, 2.45) is 0 Å². The summed E-state index contributed by atoms with van der Waals surface area (Å²) in [4.78, 5) is 16.8. The van der Waals surface area contributed by atoms with E-state index in [-0.39, 0.29) is 6.04 Å². The zero-order valence-electron chi connectivity index (χ0n) is 11.3. The minimum absolute atomic E-state index is 0.164. The van der Waals surface area contributed by atoms with Crippen molar-refractivity contribution in [2.45, 2.75) is 19.4 Å². The molecule has 104 valence electrons. The molecule has 0 bridgehead atoms. The first-order chi connectivity index (χ1) is 9.63. The van der Waals surface area contributed by atoms with E-state index in [1.54, 1.807) is 6.20 Å². The van der Waals surface area contributed by atoms with Crippen molar-refractivity contribution < 1.29 is 9.90 Å². The normalized spacial score (nSPS) is 18.4. The first-order valence-corrected chi connectivity index (χ1v) is 6.73. The number of pyridine rings is 1. The summed E-state index contributed by atoms with van der Waals surface area (Å²) in [5.41, 5.74) is 3.16. The Labute approximate surface area is 117 Å². The maximum Gasteiger partial charge on any atom is 0.407 e. The maximum absolute atomic E-state index is 10.9. The molecule has 2 heterocycles. The molecule has 1 aliphatic heterocycles. The van der Waals surface area contributed by atoms with Crippen molar-refractivity contribution >= 4 is 22.7 Å². The Bertz CT molecular complexity index is 657. The molecule has 2 N–H and O–H groups in total. The number of hydrogen-bond donors (Lipinski definition) is 2. The molecular formula is C15H17N3O2. The number of rotatable bonds is 2. The number of fused-ring (bicyclic) bond motifs is 1. The fourth-order valence-electron chi connectivity index (χ4n) is 2.66. The first-order valence-electron chi connectivity index (χ1n) is 6.73.